The van der Waals surface area contributed by atoms with Gasteiger partial charge in [-0.05, 0) is 72.3 Å². The summed E-state index contributed by atoms with van der Waals surface area (Å²) < 4.78 is 5.13. The molecule has 0 aliphatic rings. The number of carbonyl (C=O) groups is 2. The maximum atomic E-state index is 13.3. The van der Waals surface area contributed by atoms with Crippen LogP contribution in [0.15, 0.2) is 102 Å². The van der Waals surface area contributed by atoms with Gasteiger partial charge in [-0.15, -0.1) is 11.8 Å². The molecule has 0 saturated carbocycles. The van der Waals surface area contributed by atoms with Crippen molar-refractivity contribution in [2.24, 2.45) is 0 Å². The molecule has 182 valence electrons. The maximum absolute atomic E-state index is 13.3. The molecule has 0 aliphatic heterocycles. The standard InChI is InChI=1S/C28H22Cl2N2O3S/c1-35-24-11-7-19(8-12-24)27(33)31-22-9-13-25(14-10-22)36-26(18-5-3-2-4-6-18)28(34)32-23-16-20(29)15-21(30)17-23/h2-17,26H,1H3,(H,31,33)(H,32,34). The molecule has 0 aliphatic carbocycles. The molecule has 0 heterocycles. The van der Waals surface area contributed by atoms with Gasteiger partial charge in [-0.3, -0.25) is 9.59 Å². The summed E-state index contributed by atoms with van der Waals surface area (Å²) in [5.74, 6) is 0.254. The maximum Gasteiger partial charge on any atom is 0.255 e. The number of ether oxygens (including phenoxy) is 1. The van der Waals surface area contributed by atoms with Crippen LogP contribution in [0.25, 0.3) is 0 Å². The van der Waals surface area contributed by atoms with Crippen molar-refractivity contribution < 1.29 is 14.3 Å². The van der Waals surface area contributed by atoms with E-state index in [0.29, 0.717) is 32.7 Å². The van der Waals surface area contributed by atoms with Crippen LogP contribution in [0.4, 0.5) is 11.4 Å². The Balaban J connectivity index is 1.48. The van der Waals surface area contributed by atoms with Crippen molar-refractivity contribution in [2.75, 3.05) is 17.7 Å². The van der Waals surface area contributed by atoms with E-state index in [4.69, 9.17) is 27.9 Å². The number of hydrogen-bond donors (Lipinski definition) is 2. The third kappa shape index (κ3) is 6.82. The van der Waals surface area contributed by atoms with Gasteiger partial charge in [-0.25, -0.2) is 0 Å². The molecule has 2 amide bonds. The Kier molecular flexibility index (Phi) is 8.54. The zero-order valence-corrected chi connectivity index (χ0v) is 21.5. The molecular formula is C28H22Cl2N2O3S. The Bertz CT molecular complexity index is 1330. The minimum absolute atomic E-state index is 0.207. The van der Waals surface area contributed by atoms with Gasteiger partial charge in [0.05, 0.1) is 7.11 Å². The lowest BCUT2D eigenvalue weighted by Gasteiger charge is -2.18. The lowest BCUT2D eigenvalue weighted by atomic mass is 10.1. The van der Waals surface area contributed by atoms with Crippen molar-refractivity contribution in [3.8, 4) is 5.75 Å². The molecule has 0 fully saturated rings. The lowest BCUT2D eigenvalue weighted by molar-refractivity contribution is -0.115. The third-order valence-electron chi connectivity index (χ3n) is 5.19. The number of hydrogen-bond acceptors (Lipinski definition) is 4. The Morgan fingerprint density at radius 2 is 1.42 bits per heavy atom. The summed E-state index contributed by atoms with van der Waals surface area (Å²) >= 11 is 13.6. The molecule has 1 atom stereocenters. The van der Waals surface area contributed by atoms with Crippen molar-refractivity contribution in [3.05, 3.63) is 118 Å². The van der Waals surface area contributed by atoms with Gasteiger partial charge in [0, 0.05) is 31.9 Å². The molecule has 5 nitrogen and oxygen atoms in total. The number of benzene rings is 4. The number of rotatable bonds is 8. The van der Waals surface area contributed by atoms with Crippen molar-refractivity contribution in [1.29, 1.82) is 0 Å². The highest BCUT2D eigenvalue weighted by Gasteiger charge is 2.22. The molecule has 8 heteroatoms. The molecule has 0 spiro atoms. The van der Waals surface area contributed by atoms with E-state index >= 15 is 0 Å². The van der Waals surface area contributed by atoms with Crippen LogP contribution in [0.3, 0.4) is 0 Å². The minimum atomic E-state index is -0.524. The van der Waals surface area contributed by atoms with Crippen LogP contribution in [0, 0.1) is 0 Å². The second-order valence-electron chi connectivity index (χ2n) is 7.76. The molecule has 1 unspecified atom stereocenters. The molecule has 0 saturated heterocycles. The number of nitrogens with one attached hydrogen (secondary N) is 2. The first-order chi connectivity index (χ1) is 17.4. The lowest BCUT2D eigenvalue weighted by Crippen LogP contribution is -2.19. The third-order valence-corrected chi connectivity index (χ3v) is 6.89. The van der Waals surface area contributed by atoms with Crippen molar-refractivity contribution in [3.63, 3.8) is 0 Å². The zero-order chi connectivity index (χ0) is 25.5. The monoisotopic (exact) mass is 536 g/mol. The molecule has 0 aromatic heterocycles. The normalized spacial score (nSPS) is 11.4. The van der Waals surface area contributed by atoms with Gasteiger partial charge in [-0.2, -0.15) is 0 Å². The topological polar surface area (TPSA) is 67.4 Å². The Hall–Kier alpha value is -3.45. The first-order valence-electron chi connectivity index (χ1n) is 11.0. The van der Waals surface area contributed by atoms with Gasteiger partial charge in [0.15, 0.2) is 0 Å². The second kappa shape index (κ2) is 12.0. The summed E-state index contributed by atoms with van der Waals surface area (Å²) in [4.78, 5) is 26.7. The molecule has 4 aromatic rings. The van der Waals surface area contributed by atoms with Crippen LogP contribution < -0.4 is 15.4 Å². The molecule has 4 aromatic carbocycles. The van der Waals surface area contributed by atoms with E-state index in [-0.39, 0.29) is 11.8 Å². The molecule has 36 heavy (non-hydrogen) atoms. The van der Waals surface area contributed by atoms with Crippen molar-refractivity contribution in [1.82, 2.24) is 0 Å². The first kappa shape index (κ1) is 25.6. The van der Waals surface area contributed by atoms with E-state index in [1.54, 1.807) is 61.7 Å². The Morgan fingerprint density at radius 1 is 0.778 bits per heavy atom. The average molecular weight is 537 g/mol. The first-order valence-corrected chi connectivity index (χ1v) is 12.6. The van der Waals surface area contributed by atoms with E-state index in [2.05, 4.69) is 10.6 Å². The van der Waals surface area contributed by atoms with Gasteiger partial charge in [0.2, 0.25) is 5.91 Å². The smallest absolute Gasteiger partial charge is 0.255 e. The SMILES string of the molecule is COc1ccc(C(=O)Nc2ccc(SC(C(=O)Nc3cc(Cl)cc(Cl)c3)c3ccccc3)cc2)cc1. The highest BCUT2D eigenvalue weighted by atomic mass is 35.5. The van der Waals surface area contributed by atoms with Gasteiger partial charge < -0.3 is 15.4 Å². The fourth-order valence-corrected chi connectivity index (χ4v) is 4.98. The predicted octanol–water partition coefficient (Wildman–Crippen LogP) is 7.73. The number of thioether (sulfide) groups is 1. The fourth-order valence-electron chi connectivity index (χ4n) is 3.43. The Labute approximate surface area is 223 Å². The molecule has 2 N–H and O–H groups in total. The number of carbonyl (C=O) groups excluding carboxylic acids is 2. The summed E-state index contributed by atoms with van der Waals surface area (Å²) in [7, 11) is 1.58. The van der Waals surface area contributed by atoms with Crippen LogP contribution in [-0.4, -0.2) is 18.9 Å². The van der Waals surface area contributed by atoms with E-state index in [9.17, 15) is 9.59 Å². The molecule has 0 radical (unpaired) electrons. The number of methoxy groups -OCH3 is 1. The highest BCUT2D eigenvalue weighted by Crippen LogP contribution is 2.37. The van der Waals surface area contributed by atoms with E-state index in [1.165, 1.54) is 11.8 Å². The summed E-state index contributed by atoms with van der Waals surface area (Å²) in [5.41, 5.74) is 2.55. The second-order valence-corrected chi connectivity index (χ2v) is 9.81. The van der Waals surface area contributed by atoms with Crippen molar-refractivity contribution >= 4 is 58.2 Å². The highest BCUT2D eigenvalue weighted by molar-refractivity contribution is 8.00. The van der Waals surface area contributed by atoms with E-state index in [0.717, 1.165) is 10.5 Å². The molecular weight excluding hydrogens is 515 g/mol. The van der Waals surface area contributed by atoms with Crippen LogP contribution in [0.1, 0.15) is 21.2 Å². The van der Waals surface area contributed by atoms with Crippen LogP contribution >= 0.6 is 35.0 Å². The van der Waals surface area contributed by atoms with E-state index < -0.39 is 5.25 Å². The number of amides is 2. The van der Waals surface area contributed by atoms with Gasteiger partial charge in [-0.1, -0.05) is 53.5 Å². The largest absolute Gasteiger partial charge is 0.497 e. The van der Waals surface area contributed by atoms with Crippen LogP contribution in [-0.2, 0) is 4.79 Å². The fraction of sp³-hybridized carbons (Fsp3) is 0.0714. The minimum Gasteiger partial charge on any atom is -0.497 e. The van der Waals surface area contributed by atoms with Gasteiger partial charge >= 0.3 is 0 Å². The predicted molar refractivity (Wildman–Crippen MR) is 148 cm³/mol. The Morgan fingerprint density at radius 3 is 2.03 bits per heavy atom. The summed E-state index contributed by atoms with van der Waals surface area (Å²) in [6, 6.07) is 28.6. The van der Waals surface area contributed by atoms with Crippen LogP contribution in [0.5, 0.6) is 5.75 Å². The molecule has 4 rings (SSSR count). The number of anilines is 2. The quantitative estimate of drug-likeness (QED) is 0.226. The molecule has 0 bridgehead atoms. The number of halogens is 2. The van der Waals surface area contributed by atoms with Crippen molar-refractivity contribution in [2.45, 2.75) is 10.1 Å². The van der Waals surface area contributed by atoms with Gasteiger partial charge in [0.1, 0.15) is 11.0 Å². The zero-order valence-electron chi connectivity index (χ0n) is 19.2. The van der Waals surface area contributed by atoms with Crippen LogP contribution in [0.2, 0.25) is 10.0 Å². The average Bonchev–Trinajstić information content (AvgIpc) is 2.88. The van der Waals surface area contributed by atoms with E-state index in [1.807, 2.05) is 42.5 Å². The summed E-state index contributed by atoms with van der Waals surface area (Å²) in [6.45, 7) is 0. The van der Waals surface area contributed by atoms with Gasteiger partial charge in [0.25, 0.3) is 5.91 Å². The summed E-state index contributed by atoms with van der Waals surface area (Å²) in [5, 5.41) is 6.15. The summed E-state index contributed by atoms with van der Waals surface area (Å²) in [6.07, 6.45) is 0.